The van der Waals surface area contributed by atoms with Gasteiger partial charge in [0.15, 0.2) is 12.6 Å². The van der Waals surface area contributed by atoms with Crippen LogP contribution in [-0.2, 0) is 42.4 Å². The minimum Gasteiger partial charge on any atom is -0.508 e. The van der Waals surface area contributed by atoms with Crippen molar-refractivity contribution < 1.29 is 70.1 Å². The van der Waals surface area contributed by atoms with E-state index in [-0.39, 0.29) is 68.1 Å². The third-order valence-electron chi connectivity index (χ3n) is 19.3. The summed E-state index contributed by atoms with van der Waals surface area (Å²) in [5, 5.41) is 17.4. The number of anilines is 3. The molecule has 0 radical (unpaired) electrons. The first kappa shape index (κ1) is 118. The van der Waals surface area contributed by atoms with Crippen LogP contribution in [0.2, 0.25) is 10.4 Å². The van der Waals surface area contributed by atoms with Crippen molar-refractivity contribution in [3.63, 3.8) is 0 Å². The third kappa shape index (κ3) is 42.6. The Bertz CT molecular complexity index is 6320. The molecule has 2 aliphatic rings. The van der Waals surface area contributed by atoms with Gasteiger partial charge in [-0.05, 0) is 235 Å². The molecule has 7 N–H and O–H groups in total. The maximum Gasteiger partial charge on any atom is 0.417 e. The van der Waals surface area contributed by atoms with Gasteiger partial charge in [-0.2, -0.15) is 29.3 Å². The topological polar surface area (TPSA) is 454 Å². The molecule has 2 saturated heterocycles. The van der Waals surface area contributed by atoms with Crippen molar-refractivity contribution in [3.05, 3.63) is 347 Å². The second kappa shape index (κ2) is 60.2. The number of hydrogen-bond acceptors (Lipinski definition) is 29. The van der Waals surface area contributed by atoms with Crippen LogP contribution >= 0.6 is 35.6 Å². The number of para-hydroxylation sites is 6. The molecule has 0 bridgehead atoms. The van der Waals surface area contributed by atoms with Crippen molar-refractivity contribution in [2.45, 2.75) is 168 Å². The molecule has 16 rings (SSSR count). The number of amides is 2. The molecule has 8 atom stereocenters. The highest BCUT2D eigenvalue weighted by molar-refractivity contribution is 7.85. The fraction of sp³-hybridized carbons (Fsp3) is 0.267. The van der Waals surface area contributed by atoms with Crippen molar-refractivity contribution in [2.24, 2.45) is 15.3 Å². The Morgan fingerprint density at radius 2 is 0.786 bits per heavy atom. The number of aromatic hydroxyl groups is 1. The summed E-state index contributed by atoms with van der Waals surface area (Å²) in [6.45, 7) is 31.0. The molecule has 6 aromatic carbocycles. The number of phenolic OH excluding ortho intramolecular Hbond substituents is 1. The van der Waals surface area contributed by atoms with Gasteiger partial charge in [0, 0.05) is 103 Å². The number of aryl methyl sites for hydroxylation is 2. The highest BCUT2D eigenvalue weighted by Gasteiger charge is 2.37. The Hall–Kier alpha value is -14.4. The number of cyclic esters (lactones) is 2. The fourth-order valence-corrected chi connectivity index (χ4v) is 12.9. The van der Waals surface area contributed by atoms with E-state index in [0.717, 1.165) is 76.4 Å². The number of ether oxygens (including phenoxy) is 7. The summed E-state index contributed by atoms with van der Waals surface area (Å²) in [5.41, 5.74) is 10.5. The van der Waals surface area contributed by atoms with Gasteiger partial charge in [0.2, 0.25) is 52.5 Å². The van der Waals surface area contributed by atoms with Crippen molar-refractivity contribution in [3.8, 4) is 63.9 Å². The van der Waals surface area contributed by atoms with Crippen molar-refractivity contribution >= 4 is 117 Å². The van der Waals surface area contributed by atoms with Crippen LogP contribution in [0.15, 0.2) is 296 Å². The summed E-state index contributed by atoms with van der Waals surface area (Å²) < 4.78 is 78.6. The number of benzene rings is 6. The maximum absolute atomic E-state index is 12.1. The number of phenols is 1. The van der Waals surface area contributed by atoms with Crippen LogP contribution in [0.5, 0.6) is 63.9 Å². The van der Waals surface area contributed by atoms with Crippen LogP contribution in [0, 0.1) is 13.8 Å². The Kier molecular flexibility index (Phi) is 48.8. The van der Waals surface area contributed by atoms with Gasteiger partial charge in [0.1, 0.15) is 75.5 Å². The molecule has 34 nitrogen and oxygen atoms in total. The molecule has 14 aromatic rings. The average molecular weight is 2090 g/mol. The first-order chi connectivity index (χ1) is 68.7. The molecule has 0 spiro atoms. The number of nitrogens with two attached hydrogens (primary N) is 2. The minimum atomic E-state index is -1.26. The summed E-state index contributed by atoms with van der Waals surface area (Å²) in [6, 6.07) is 77.2. The fourth-order valence-electron chi connectivity index (χ4n) is 11.3. The summed E-state index contributed by atoms with van der Waals surface area (Å²) in [4.78, 5) is 96.8. The van der Waals surface area contributed by atoms with Crippen LogP contribution in [-0.4, -0.2) is 148 Å². The Balaban J connectivity index is 0.000000228. The summed E-state index contributed by atoms with van der Waals surface area (Å²) in [7, 11) is -3.56. The second-order valence-corrected chi connectivity index (χ2v) is 40.5. The second-order valence-electron chi connectivity index (χ2n) is 34.1. The molecule has 8 aromatic heterocycles. The number of carbonyl (C=O) groups excluding carboxylic acids is 4. The van der Waals surface area contributed by atoms with Crippen molar-refractivity contribution in [1.82, 2.24) is 64.5 Å². The Morgan fingerprint density at radius 1 is 0.448 bits per heavy atom. The number of aldehydes is 2. The number of rotatable bonds is 25. The van der Waals surface area contributed by atoms with Gasteiger partial charge < -0.3 is 49.3 Å². The highest BCUT2D eigenvalue weighted by atomic mass is 35.5. The van der Waals surface area contributed by atoms with E-state index in [2.05, 4.69) is 74.2 Å². The SMILES string of the molecule is CC(C)(C)S(=O)N=Cc1ccc(Oc2ccccc2)nc1.CC(C)(C)[S@](N)=O.CC[C@H]1COC(=O)N1c1nc(C)nc(Cl)n1.CC[C@H]1COC(=O)N1c1nc(C)nc(N[C@@H](C)c2ccc(Oc3ccccc3)nc2)n1.C[C@H](N)c1ccc(Oc2ccccc2)nc1.C[C@H](NS(=O)C(C)(C)C)c1ccc(Oc2ccccc2)nc1.Cl.O=Cc1ccc(Cl)nc1.O=Cc1ccc(Oc2ccccc2)nc1.Oc1ccccc1. The molecule has 2 unspecified atom stereocenters. The summed E-state index contributed by atoms with van der Waals surface area (Å²) in [5.74, 6) is 8.59. The number of nitrogens with zero attached hydrogens (tertiary/aromatic N) is 15. The molecule has 2 fully saturated rings. The first-order valence-electron chi connectivity index (χ1n) is 45.3. The summed E-state index contributed by atoms with van der Waals surface area (Å²) >= 11 is 11.2. The van der Waals surface area contributed by atoms with Crippen LogP contribution in [0.25, 0.3) is 0 Å². The number of carbonyl (C=O) groups is 4. The van der Waals surface area contributed by atoms with Gasteiger partial charge in [-0.1, -0.05) is 153 Å². The van der Waals surface area contributed by atoms with Gasteiger partial charge in [0.25, 0.3) is 0 Å². The molecule has 10 heterocycles. The predicted molar refractivity (Wildman–Crippen MR) is 571 cm³/mol. The number of pyridine rings is 6. The average Bonchev–Trinajstić information content (AvgIpc) is 1.61. The third-order valence-corrected chi connectivity index (χ3v) is 23.9. The Morgan fingerprint density at radius 3 is 1.09 bits per heavy atom. The van der Waals surface area contributed by atoms with Gasteiger partial charge in [-0.3, -0.25) is 14.7 Å². The van der Waals surface area contributed by atoms with Gasteiger partial charge in [-0.15, -0.1) is 12.4 Å². The molecule has 764 valence electrons. The van der Waals surface area contributed by atoms with Crippen molar-refractivity contribution in [1.29, 1.82) is 0 Å². The quantitative estimate of drug-likeness (QED) is 0.0201. The first-order valence-corrected chi connectivity index (χ1v) is 49.5. The van der Waals surface area contributed by atoms with E-state index in [9.17, 15) is 31.8 Å². The van der Waals surface area contributed by atoms with Gasteiger partial charge in [-0.25, -0.2) is 71.6 Å². The summed E-state index contributed by atoms with van der Waals surface area (Å²) in [6.07, 6.45) is 13.5. The van der Waals surface area contributed by atoms with Crippen molar-refractivity contribution in [2.75, 3.05) is 28.3 Å². The van der Waals surface area contributed by atoms with E-state index >= 15 is 0 Å². The molecule has 145 heavy (non-hydrogen) atoms. The van der Waals surface area contributed by atoms with Crippen LogP contribution < -0.4 is 54.4 Å². The maximum atomic E-state index is 12.1. The monoisotopic (exact) mass is 2090 g/mol. The lowest BCUT2D eigenvalue weighted by Crippen LogP contribution is -2.34. The largest absolute Gasteiger partial charge is 0.508 e. The van der Waals surface area contributed by atoms with Crippen LogP contribution in [0.4, 0.5) is 27.4 Å². The standard InChI is InChI=1S/C22H24N6O3.C17H22N2O2S.C16H18N2O2S.C13H14N2O.C12H9NO2.C9H11ClN4O2.C6H4ClNO.C6H6O.C4H11NOS.ClH/c1-4-17-13-30-22(29)28(17)21-26-15(3)25-20(27-21)24-14(2)16-10-11-19(23-12-16)31-18-8-6-5-7-9-18;1-13(19-22(20)17(2,3)4)14-10-11-16(18-12-14)21-15-8-6-5-7-9-15;1-16(2,3)21(19)18-12-13-9-10-15(17-11-13)20-14-7-5-4-6-8-14;1-10(14)11-7-8-13(15-9-11)16-12-5-3-2-4-6-12;14-9-10-6-7-12(13-8-10)15-11-4-2-1-3-5-11;1-3-6-4-16-9(15)14(6)8-12-5(2)11-7(10)13-8;7-6-2-1-5(4-9)3-8-6;7-6-4-2-1-3-5-6;1-4(2,3)7(5)6;/h5-12,14,17H,4,13H2,1-3H3,(H,24,25,26,27);5-13,19H,1-4H3;4-12H,1-3H3;2-10H,14H2,1H3;1-9H;6H,3-4H2,1-2H3;1-4H;1-5,7H;5H2,1-3H3;1H/t14-,17-;13-,22?;;10-;;6-;;;7-;/m00.0.0..1./s1. The zero-order chi connectivity index (χ0) is 105. The lowest BCUT2D eigenvalue weighted by atomic mass is 10.1. The molecule has 0 aliphatic carbocycles. The van der Waals surface area contributed by atoms with Gasteiger partial charge in [0.05, 0.1) is 54.3 Å². The smallest absolute Gasteiger partial charge is 0.417 e. The number of hydrogen-bond donors (Lipinski definition) is 5. The van der Waals surface area contributed by atoms with Gasteiger partial charge >= 0.3 is 12.2 Å². The normalized spacial score (nSPS) is 14.0. The molecular weight excluding hydrogens is 1970 g/mol. The molecule has 2 aliphatic heterocycles. The molecule has 2 amide bonds. The zero-order valence-corrected chi connectivity index (χ0v) is 87.9. The number of halogens is 3. The van der Waals surface area contributed by atoms with E-state index < -0.39 is 45.1 Å². The lowest BCUT2D eigenvalue weighted by Gasteiger charge is -2.22. The molecule has 0 saturated carbocycles. The van der Waals surface area contributed by atoms with E-state index in [1.54, 1.807) is 99.4 Å². The molecular formula is C105H120Cl3N19O15S3. The van der Waals surface area contributed by atoms with Crippen LogP contribution in [0.3, 0.4) is 0 Å². The lowest BCUT2D eigenvalue weighted by molar-refractivity contribution is 0.111. The number of aromatic nitrogens is 12. The number of nitrogens with one attached hydrogen (secondary N) is 2. The Labute approximate surface area is 869 Å². The minimum absolute atomic E-state index is 0. The van der Waals surface area contributed by atoms with E-state index in [0.29, 0.717) is 88.2 Å². The van der Waals surface area contributed by atoms with Crippen LogP contribution in [0.1, 0.15) is 183 Å². The highest BCUT2D eigenvalue weighted by Crippen LogP contribution is 2.30. The van der Waals surface area contributed by atoms with E-state index in [1.165, 1.54) is 22.2 Å². The predicted octanol–water partition coefficient (Wildman–Crippen LogP) is 22.9. The van der Waals surface area contributed by atoms with E-state index in [1.807, 2.05) is 297 Å². The van der Waals surface area contributed by atoms with E-state index in [4.69, 9.17) is 72.3 Å². The molecule has 40 heteroatoms. The zero-order valence-electron chi connectivity index (χ0n) is 83.1.